The molecule has 1 aromatic heterocycles. The van der Waals surface area contributed by atoms with E-state index >= 15 is 0 Å². The fourth-order valence-electron chi connectivity index (χ4n) is 3.43. The zero-order chi connectivity index (χ0) is 27.8. The van der Waals surface area contributed by atoms with Gasteiger partial charge in [-0.25, -0.2) is 18.5 Å². The number of anilines is 4. The number of para-hydroxylation sites is 2. The first-order chi connectivity index (χ1) is 18.9. The van der Waals surface area contributed by atoms with Crippen molar-refractivity contribution in [1.29, 1.82) is 0 Å². The van der Waals surface area contributed by atoms with Crippen LogP contribution in [0.15, 0.2) is 77.0 Å². The van der Waals surface area contributed by atoms with Gasteiger partial charge in [-0.15, -0.1) is 0 Å². The van der Waals surface area contributed by atoms with Gasteiger partial charge < -0.3 is 14.8 Å². The summed E-state index contributed by atoms with van der Waals surface area (Å²) in [6, 6.07) is 18.0. The van der Waals surface area contributed by atoms with Crippen LogP contribution >= 0.6 is 11.6 Å². The highest BCUT2D eigenvalue weighted by atomic mass is 35.5. The van der Waals surface area contributed by atoms with E-state index in [1.165, 1.54) is 26.4 Å². The number of ether oxygens (including phenoxy) is 2. The molecule has 0 radical (unpaired) electrons. The summed E-state index contributed by atoms with van der Waals surface area (Å²) >= 11 is 3.77. The van der Waals surface area contributed by atoms with Crippen molar-refractivity contribution in [3.63, 3.8) is 0 Å². The monoisotopic (exact) mass is 568 g/mol. The summed E-state index contributed by atoms with van der Waals surface area (Å²) in [6.07, 6.45) is 0. The first-order valence-corrected chi connectivity index (χ1v) is 12.8. The highest BCUT2D eigenvalue weighted by Gasteiger charge is 2.24. The summed E-state index contributed by atoms with van der Waals surface area (Å²) in [4.78, 5) is 25.3. The molecule has 200 valence electrons. The first-order valence-electron chi connectivity index (χ1n) is 11.4. The lowest BCUT2D eigenvalue weighted by molar-refractivity contribution is 0.0992. The van der Waals surface area contributed by atoms with Gasteiger partial charge in [-0.1, -0.05) is 29.8 Å². The summed E-state index contributed by atoms with van der Waals surface area (Å²) in [5.41, 5.74) is 1.74. The van der Waals surface area contributed by atoms with Crippen LogP contribution in [0.25, 0.3) is 11.0 Å². The van der Waals surface area contributed by atoms with Crippen LogP contribution in [-0.2, 0) is 16.0 Å². The fraction of sp³-hybridized carbons (Fsp3) is 0.160. The topological polar surface area (TPSA) is 153 Å². The normalized spacial score (nSPS) is 11.4. The molecule has 2 N–H and O–H groups in total. The maximum Gasteiger partial charge on any atom is 0.360 e. The van der Waals surface area contributed by atoms with Crippen molar-refractivity contribution in [2.45, 2.75) is 0 Å². The minimum absolute atomic E-state index is 0.00853. The lowest BCUT2D eigenvalue weighted by Crippen LogP contribution is -2.22. The van der Waals surface area contributed by atoms with Gasteiger partial charge in [0.05, 0.1) is 46.7 Å². The Bertz CT molecular complexity index is 1600. The van der Waals surface area contributed by atoms with Gasteiger partial charge in [0.15, 0.2) is 11.6 Å². The number of carbonyl (C=O) groups excluding carboxylic acids is 1. The van der Waals surface area contributed by atoms with Crippen LogP contribution in [0, 0.1) is 0 Å². The van der Waals surface area contributed by atoms with Crippen LogP contribution in [-0.4, -0.2) is 52.0 Å². The van der Waals surface area contributed by atoms with Crippen LogP contribution in [0.4, 0.5) is 23.0 Å². The molecule has 14 heteroatoms. The van der Waals surface area contributed by atoms with Crippen LogP contribution in [0.5, 0.6) is 5.75 Å². The Balaban J connectivity index is 1.80. The number of hydrogen-bond acceptors (Lipinski definition) is 8. The SMILES string of the molecule is COCCN=[N+]=NC(=O)c1cccc(N(c2nc3ccccc3nc2Nc2cc(OC)ccc2Cl)S(=O)O)c1. The Kier molecular flexibility index (Phi) is 9.26. The molecule has 1 heterocycles. The Morgan fingerprint density at radius 2 is 1.87 bits per heavy atom. The maximum atomic E-state index is 12.7. The van der Waals surface area contributed by atoms with E-state index in [9.17, 15) is 13.6 Å². The van der Waals surface area contributed by atoms with E-state index in [0.29, 0.717) is 34.1 Å². The lowest BCUT2D eigenvalue weighted by Gasteiger charge is -2.22. The third kappa shape index (κ3) is 6.79. The highest BCUT2D eigenvalue weighted by Crippen LogP contribution is 2.36. The Hall–Kier alpha value is -4.26. The smallest absolute Gasteiger partial charge is 0.360 e. The quantitative estimate of drug-likeness (QED) is 0.116. The molecule has 0 aliphatic rings. The standard InChI is InChI=1S/C25H22ClN7O5S/c1-37-13-12-27-32-31-25(34)16-6-5-7-17(14-16)33(39(35)36)24-23(28-20-8-3-4-9-21(20)30-24)29-22-15-18(38-2)10-11-19(22)26/h3-11,14-15H,12-13H2,1-2H3,(H-,28,29,35,36)/p+1. The molecular formula is C25H23ClN7O5S+. The molecule has 0 aliphatic heterocycles. The third-order valence-corrected chi connectivity index (χ3v) is 6.27. The van der Waals surface area contributed by atoms with Gasteiger partial charge >= 0.3 is 5.91 Å². The van der Waals surface area contributed by atoms with E-state index in [1.54, 1.807) is 54.6 Å². The summed E-state index contributed by atoms with van der Waals surface area (Å²) in [7, 11) is 3.04. The van der Waals surface area contributed by atoms with Gasteiger partial charge in [0, 0.05) is 13.2 Å². The molecule has 0 bridgehead atoms. The van der Waals surface area contributed by atoms with Gasteiger partial charge in [-0.05, 0) is 42.5 Å². The van der Waals surface area contributed by atoms with Crippen molar-refractivity contribution in [3.8, 4) is 5.75 Å². The average molecular weight is 569 g/mol. The molecule has 4 rings (SSSR count). The molecule has 0 spiro atoms. The van der Waals surface area contributed by atoms with E-state index in [4.69, 9.17) is 21.1 Å². The van der Waals surface area contributed by atoms with Crippen molar-refractivity contribution < 1.29 is 23.0 Å². The number of nitrogens with zero attached hydrogens (tertiary/aromatic N) is 6. The number of nitrogens with one attached hydrogen (secondary N) is 1. The zero-order valence-electron chi connectivity index (χ0n) is 20.8. The second-order valence-electron chi connectivity index (χ2n) is 7.78. The van der Waals surface area contributed by atoms with Crippen molar-refractivity contribution in [2.75, 3.05) is 37.0 Å². The van der Waals surface area contributed by atoms with Crippen molar-refractivity contribution >= 4 is 62.8 Å². The number of halogens is 1. The number of aromatic nitrogens is 2. The Morgan fingerprint density at radius 1 is 1.10 bits per heavy atom. The number of rotatable bonds is 10. The van der Waals surface area contributed by atoms with E-state index in [1.807, 2.05) is 0 Å². The van der Waals surface area contributed by atoms with Gasteiger partial charge in [0.2, 0.25) is 10.0 Å². The number of hydrogen-bond donors (Lipinski definition) is 2. The number of fused-ring (bicyclic) bond motifs is 1. The van der Waals surface area contributed by atoms with E-state index in [0.717, 1.165) is 4.31 Å². The third-order valence-electron chi connectivity index (χ3n) is 5.25. The second-order valence-corrected chi connectivity index (χ2v) is 9.02. The van der Waals surface area contributed by atoms with Gasteiger partial charge in [-0.3, -0.25) is 9.35 Å². The van der Waals surface area contributed by atoms with Gasteiger partial charge in [0.1, 0.15) is 17.4 Å². The summed E-state index contributed by atoms with van der Waals surface area (Å²) in [5, 5.41) is 10.8. The molecule has 39 heavy (non-hydrogen) atoms. The molecule has 4 aromatic rings. The second kappa shape index (κ2) is 13.0. The van der Waals surface area contributed by atoms with Gasteiger partial charge in [-0.2, -0.15) is 0 Å². The van der Waals surface area contributed by atoms with E-state index < -0.39 is 17.2 Å². The zero-order valence-corrected chi connectivity index (χ0v) is 22.4. The molecule has 12 nitrogen and oxygen atoms in total. The van der Waals surface area contributed by atoms with Gasteiger partial charge in [0.25, 0.3) is 11.3 Å². The lowest BCUT2D eigenvalue weighted by atomic mass is 10.2. The molecule has 1 unspecified atom stereocenters. The van der Waals surface area contributed by atoms with Crippen molar-refractivity contribution in [1.82, 2.24) is 14.9 Å². The molecule has 0 fully saturated rings. The average Bonchev–Trinajstić information content (AvgIpc) is 2.94. The molecule has 0 aliphatic carbocycles. The van der Waals surface area contributed by atoms with Crippen molar-refractivity contribution in [3.05, 3.63) is 77.3 Å². The molecule has 0 saturated carbocycles. The largest absolute Gasteiger partial charge is 0.497 e. The molecule has 3 aromatic carbocycles. The number of carbonyl (C=O) groups is 1. The molecular weight excluding hydrogens is 546 g/mol. The number of benzene rings is 3. The van der Waals surface area contributed by atoms with Crippen LogP contribution < -0.4 is 19.3 Å². The Morgan fingerprint density at radius 3 is 2.59 bits per heavy atom. The van der Waals surface area contributed by atoms with Crippen molar-refractivity contribution in [2.24, 2.45) is 10.2 Å². The fourth-order valence-corrected chi connectivity index (χ4v) is 4.16. The molecule has 1 atom stereocenters. The first kappa shape index (κ1) is 27.8. The predicted molar refractivity (Wildman–Crippen MR) is 148 cm³/mol. The Labute approximate surface area is 230 Å². The summed E-state index contributed by atoms with van der Waals surface area (Å²) in [5.74, 6) is -0.00394. The minimum Gasteiger partial charge on any atom is -0.497 e. The molecule has 0 saturated heterocycles. The maximum absolute atomic E-state index is 12.7. The number of methoxy groups -OCH3 is 2. The minimum atomic E-state index is -2.62. The summed E-state index contributed by atoms with van der Waals surface area (Å²) < 4.78 is 34.3. The highest BCUT2D eigenvalue weighted by molar-refractivity contribution is 7.81. The summed E-state index contributed by atoms with van der Waals surface area (Å²) in [6.45, 7) is 0.586. The van der Waals surface area contributed by atoms with E-state index in [-0.39, 0.29) is 29.4 Å². The van der Waals surface area contributed by atoms with Crippen LogP contribution in [0.3, 0.4) is 0 Å². The predicted octanol–water partition coefficient (Wildman–Crippen LogP) is 5.07. The number of amides is 1. The molecule has 1 amide bonds. The van der Waals surface area contributed by atoms with Crippen LogP contribution in [0.2, 0.25) is 5.02 Å². The van der Waals surface area contributed by atoms with E-state index in [2.05, 4.69) is 30.4 Å². The van der Waals surface area contributed by atoms with Crippen LogP contribution in [0.1, 0.15) is 10.4 Å².